The molecule has 3 aromatic heterocycles. The number of halogens is 1. The second kappa shape index (κ2) is 3.30. The van der Waals surface area contributed by atoms with Crippen LogP contribution in [0.15, 0.2) is 25.0 Å². The van der Waals surface area contributed by atoms with Gasteiger partial charge in [-0.15, -0.1) is 0 Å². The first kappa shape index (κ1) is 8.84. The summed E-state index contributed by atoms with van der Waals surface area (Å²) < 4.78 is 13.4. The predicted molar refractivity (Wildman–Crippen MR) is 52.7 cm³/mol. The quantitative estimate of drug-likeness (QED) is 0.655. The molecule has 0 saturated heterocycles. The fourth-order valence-corrected chi connectivity index (χ4v) is 1.42. The van der Waals surface area contributed by atoms with Crippen LogP contribution in [-0.2, 0) is 0 Å². The molecule has 0 fully saturated rings. The summed E-state index contributed by atoms with van der Waals surface area (Å²) in [6.45, 7) is 0. The van der Waals surface area contributed by atoms with E-state index >= 15 is 0 Å². The molecule has 3 aromatic rings. The Labute approximate surface area is 88.6 Å². The highest BCUT2D eigenvalue weighted by Crippen LogP contribution is 2.21. The molecule has 1 N–H and O–H groups in total. The summed E-state index contributed by atoms with van der Waals surface area (Å²) in [5, 5.41) is 0. The number of imidazole rings is 1. The van der Waals surface area contributed by atoms with Crippen molar-refractivity contribution in [3.05, 3.63) is 31.0 Å². The number of nitrogens with zero attached hydrogens (tertiary/aromatic N) is 5. The van der Waals surface area contributed by atoms with E-state index < -0.39 is 5.95 Å². The van der Waals surface area contributed by atoms with Crippen molar-refractivity contribution in [1.29, 1.82) is 0 Å². The molecule has 0 aliphatic heterocycles. The van der Waals surface area contributed by atoms with Gasteiger partial charge in [0.05, 0.1) is 6.33 Å². The van der Waals surface area contributed by atoms with Gasteiger partial charge >= 0.3 is 0 Å². The van der Waals surface area contributed by atoms with Gasteiger partial charge in [0, 0.05) is 12.4 Å². The van der Waals surface area contributed by atoms with Crippen LogP contribution in [0.4, 0.5) is 4.39 Å². The lowest BCUT2D eigenvalue weighted by Crippen LogP contribution is -1.96. The lowest BCUT2D eigenvalue weighted by molar-refractivity contribution is 0.580. The van der Waals surface area contributed by atoms with Crippen LogP contribution < -0.4 is 0 Å². The molecule has 0 amide bonds. The van der Waals surface area contributed by atoms with Crippen LogP contribution in [0.5, 0.6) is 0 Å². The highest BCUT2D eigenvalue weighted by molar-refractivity contribution is 5.85. The van der Waals surface area contributed by atoms with Gasteiger partial charge in [0.25, 0.3) is 0 Å². The summed E-state index contributed by atoms with van der Waals surface area (Å²) in [5.74, 6) is -0.675. The van der Waals surface area contributed by atoms with Gasteiger partial charge in [0.15, 0.2) is 5.65 Å². The Morgan fingerprint density at radius 1 is 0.938 bits per heavy atom. The summed E-state index contributed by atoms with van der Waals surface area (Å²) in [7, 11) is 0. The molecule has 0 unspecified atom stereocenters. The standard InChI is InChI=1S/C9H5FN6/c10-8-6(11-1-2-12-8)5-7-9(15-3-13-5)16-4-14-7/h1-4H,(H,13,14,15,16). The third-order valence-corrected chi connectivity index (χ3v) is 2.10. The van der Waals surface area contributed by atoms with Crippen LogP contribution in [0.2, 0.25) is 0 Å². The van der Waals surface area contributed by atoms with Crippen LogP contribution >= 0.6 is 0 Å². The normalized spacial score (nSPS) is 10.8. The maximum atomic E-state index is 13.4. The Kier molecular flexibility index (Phi) is 1.82. The third kappa shape index (κ3) is 1.22. The zero-order valence-electron chi connectivity index (χ0n) is 7.92. The first-order valence-corrected chi connectivity index (χ1v) is 4.47. The SMILES string of the molecule is Fc1nccnc1-c1ncnc2[nH]cnc12. The van der Waals surface area contributed by atoms with Gasteiger partial charge in [0.2, 0.25) is 5.95 Å². The Balaban J connectivity index is 2.34. The van der Waals surface area contributed by atoms with E-state index in [1.54, 1.807) is 0 Å². The smallest absolute Gasteiger partial charge is 0.241 e. The van der Waals surface area contributed by atoms with E-state index in [4.69, 9.17) is 0 Å². The molecule has 3 rings (SSSR count). The van der Waals surface area contributed by atoms with Gasteiger partial charge in [-0.3, -0.25) is 0 Å². The Bertz CT molecular complexity index is 649. The summed E-state index contributed by atoms with van der Waals surface area (Å²) in [4.78, 5) is 22.2. The maximum absolute atomic E-state index is 13.4. The molecule has 16 heavy (non-hydrogen) atoms. The number of rotatable bonds is 1. The first-order valence-electron chi connectivity index (χ1n) is 4.47. The number of H-pyrrole nitrogens is 1. The van der Waals surface area contributed by atoms with Crippen LogP contribution in [0.1, 0.15) is 0 Å². The van der Waals surface area contributed by atoms with Gasteiger partial charge < -0.3 is 4.98 Å². The highest BCUT2D eigenvalue weighted by atomic mass is 19.1. The summed E-state index contributed by atoms with van der Waals surface area (Å²) in [5.41, 5.74) is 1.41. The van der Waals surface area contributed by atoms with Crippen LogP contribution in [0.3, 0.4) is 0 Å². The van der Waals surface area contributed by atoms with Gasteiger partial charge in [-0.05, 0) is 0 Å². The average molecular weight is 216 g/mol. The molecule has 0 spiro atoms. The Hall–Kier alpha value is -2.44. The predicted octanol–water partition coefficient (Wildman–Crippen LogP) is 0.949. The molecule has 0 aliphatic rings. The van der Waals surface area contributed by atoms with E-state index in [1.807, 2.05) is 0 Å². The fourth-order valence-electron chi connectivity index (χ4n) is 1.42. The van der Waals surface area contributed by atoms with E-state index in [2.05, 4.69) is 29.9 Å². The van der Waals surface area contributed by atoms with Crippen LogP contribution in [0.25, 0.3) is 22.6 Å². The van der Waals surface area contributed by atoms with Crippen molar-refractivity contribution in [2.45, 2.75) is 0 Å². The molecule has 0 aromatic carbocycles. The highest BCUT2D eigenvalue weighted by Gasteiger charge is 2.14. The molecule has 0 atom stereocenters. The van der Waals surface area contributed by atoms with Crippen molar-refractivity contribution in [2.24, 2.45) is 0 Å². The topological polar surface area (TPSA) is 80.2 Å². The number of nitrogens with one attached hydrogen (secondary N) is 1. The van der Waals surface area contributed by atoms with E-state index in [-0.39, 0.29) is 5.69 Å². The van der Waals surface area contributed by atoms with Gasteiger partial charge in [-0.25, -0.2) is 24.9 Å². The van der Waals surface area contributed by atoms with Crippen molar-refractivity contribution in [2.75, 3.05) is 0 Å². The molecule has 0 radical (unpaired) electrons. The number of fused-ring (bicyclic) bond motifs is 1. The van der Waals surface area contributed by atoms with Crippen molar-refractivity contribution in [3.63, 3.8) is 0 Å². The molecule has 0 saturated carbocycles. The molecule has 3 heterocycles. The lowest BCUT2D eigenvalue weighted by atomic mass is 10.3. The lowest BCUT2D eigenvalue weighted by Gasteiger charge is -1.99. The second-order valence-electron chi connectivity index (χ2n) is 3.02. The van der Waals surface area contributed by atoms with Crippen molar-refractivity contribution < 1.29 is 4.39 Å². The van der Waals surface area contributed by atoms with Crippen LogP contribution in [-0.4, -0.2) is 29.9 Å². The van der Waals surface area contributed by atoms with Crippen molar-refractivity contribution in [1.82, 2.24) is 29.9 Å². The number of hydrogen-bond acceptors (Lipinski definition) is 5. The molecule has 6 nitrogen and oxygen atoms in total. The largest absolute Gasteiger partial charge is 0.329 e. The molecule has 0 aliphatic carbocycles. The van der Waals surface area contributed by atoms with Gasteiger partial charge in [0.1, 0.15) is 23.2 Å². The second-order valence-corrected chi connectivity index (χ2v) is 3.02. The molecular formula is C9H5FN6. The minimum atomic E-state index is -0.675. The molecule has 7 heteroatoms. The van der Waals surface area contributed by atoms with Crippen molar-refractivity contribution in [3.8, 4) is 11.4 Å². The summed E-state index contributed by atoms with van der Waals surface area (Å²) in [6, 6.07) is 0. The Morgan fingerprint density at radius 2 is 1.81 bits per heavy atom. The number of aromatic amines is 1. The number of aromatic nitrogens is 6. The minimum Gasteiger partial charge on any atom is -0.329 e. The minimum absolute atomic E-state index is 0.0713. The fraction of sp³-hybridized carbons (Fsp3) is 0. The monoisotopic (exact) mass is 216 g/mol. The van der Waals surface area contributed by atoms with Gasteiger partial charge in [-0.1, -0.05) is 0 Å². The third-order valence-electron chi connectivity index (χ3n) is 2.10. The zero-order valence-corrected chi connectivity index (χ0v) is 7.92. The zero-order chi connectivity index (χ0) is 11.0. The van der Waals surface area contributed by atoms with E-state index in [1.165, 1.54) is 25.0 Å². The summed E-state index contributed by atoms with van der Waals surface area (Å²) >= 11 is 0. The van der Waals surface area contributed by atoms with E-state index in [0.29, 0.717) is 16.9 Å². The van der Waals surface area contributed by atoms with Gasteiger partial charge in [-0.2, -0.15) is 4.39 Å². The average Bonchev–Trinajstić information content (AvgIpc) is 2.77. The summed E-state index contributed by atoms with van der Waals surface area (Å²) in [6.07, 6.45) is 5.47. The number of hydrogen-bond donors (Lipinski definition) is 1. The van der Waals surface area contributed by atoms with Crippen LogP contribution in [0, 0.1) is 5.95 Å². The molecule has 0 bridgehead atoms. The van der Waals surface area contributed by atoms with E-state index in [9.17, 15) is 4.39 Å². The van der Waals surface area contributed by atoms with Crippen molar-refractivity contribution >= 4 is 11.2 Å². The molecule has 78 valence electrons. The van der Waals surface area contributed by atoms with E-state index in [0.717, 1.165) is 0 Å². The maximum Gasteiger partial charge on any atom is 0.241 e. The molecular weight excluding hydrogens is 211 g/mol. The Morgan fingerprint density at radius 3 is 2.69 bits per heavy atom. The first-order chi connectivity index (χ1) is 7.86.